The van der Waals surface area contributed by atoms with E-state index in [-0.39, 0.29) is 5.97 Å². The smallest absolute Gasteiger partial charge is 0.306 e. The fraction of sp³-hybridized carbons (Fsp3) is 0.417. The summed E-state index contributed by atoms with van der Waals surface area (Å²) in [5.41, 5.74) is 1.06. The van der Waals surface area contributed by atoms with E-state index in [0.717, 1.165) is 5.56 Å². The molecule has 0 amide bonds. The number of rotatable bonds is 5. The van der Waals surface area contributed by atoms with Crippen molar-refractivity contribution in [1.82, 2.24) is 4.90 Å². The maximum Gasteiger partial charge on any atom is 0.306 e. The average Bonchev–Trinajstić information content (AvgIpc) is 2.31. The molecule has 3 nitrogen and oxygen atoms in total. The summed E-state index contributed by atoms with van der Waals surface area (Å²) in [5.74, 6) is -0.203. The number of nitrogens with zero attached hydrogens (tertiary/aromatic N) is 1. The first-order chi connectivity index (χ1) is 8.02. The highest BCUT2D eigenvalue weighted by Gasteiger charge is 2.06. The second kappa shape index (κ2) is 6.84. The summed E-state index contributed by atoms with van der Waals surface area (Å²) in [6, 6.07) is 5.52. The average molecular weight is 276 g/mol. The molecule has 0 bridgehead atoms. The molecule has 0 fully saturated rings. The van der Waals surface area contributed by atoms with E-state index in [4.69, 9.17) is 23.2 Å². The van der Waals surface area contributed by atoms with Gasteiger partial charge in [0.2, 0.25) is 0 Å². The van der Waals surface area contributed by atoms with Crippen molar-refractivity contribution >= 4 is 29.2 Å². The zero-order valence-electron chi connectivity index (χ0n) is 9.87. The van der Waals surface area contributed by atoms with E-state index in [0.29, 0.717) is 29.6 Å². The second-order valence-corrected chi connectivity index (χ2v) is 4.63. The predicted octanol–water partition coefficient (Wildman–Crippen LogP) is 2.99. The number of ether oxygens (including phenoxy) is 1. The maximum absolute atomic E-state index is 11.0. The molecule has 94 valence electrons. The minimum atomic E-state index is -0.203. The number of benzene rings is 1. The first kappa shape index (κ1) is 14.3. The molecular formula is C12H15Cl2NO2. The van der Waals surface area contributed by atoms with Gasteiger partial charge in [-0.2, -0.15) is 0 Å². The van der Waals surface area contributed by atoms with Crippen molar-refractivity contribution in [3.63, 3.8) is 0 Å². The number of carbonyl (C=O) groups excluding carboxylic acids is 1. The van der Waals surface area contributed by atoms with Gasteiger partial charge in [-0.15, -0.1) is 0 Å². The number of hydrogen-bond acceptors (Lipinski definition) is 3. The molecule has 17 heavy (non-hydrogen) atoms. The molecular weight excluding hydrogens is 261 g/mol. The molecule has 1 aromatic rings. The topological polar surface area (TPSA) is 29.5 Å². The van der Waals surface area contributed by atoms with Gasteiger partial charge < -0.3 is 9.64 Å². The van der Waals surface area contributed by atoms with Gasteiger partial charge >= 0.3 is 5.97 Å². The molecule has 0 atom stereocenters. The molecule has 0 unspecified atom stereocenters. The lowest BCUT2D eigenvalue weighted by atomic mass is 10.2. The quantitative estimate of drug-likeness (QED) is 0.774. The van der Waals surface area contributed by atoms with Crippen LogP contribution >= 0.6 is 23.2 Å². The minimum absolute atomic E-state index is 0.203. The van der Waals surface area contributed by atoms with E-state index in [1.54, 1.807) is 6.07 Å². The number of carbonyl (C=O) groups is 1. The van der Waals surface area contributed by atoms with Crippen molar-refractivity contribution in [2.24, 2.45) is 0 Å². The number of methoxy groups -OCH3 is 1. The Kier molecular flexibility index (Phi) is 5.75. The second-order valence-electron chi connectivity index (χ2n) is 3.81. The van der Waals surface area contributed by atoms with E-state index >= 15 is 0 Å². The summed E-state index contributed by atoms with van der Waals surface area (Å²) < 4.78 is 4.58. The summed E-state index contributed by atoms with van der Waals surface area (Å²) in [6.07, 6.45) is 0.383. The van der Waals surface area contributed by atoms with Gasteiger partial charge in [0, 0.05) is 13.1 Å². The van der Waals surface area contributed by atoms with Gasteiger partial charge in [0.25, 0.3) is 0 Å². The zero-order chi connectivity index (χ0) is 12.8. The highest BCUT2D eigenvalue weighted by molar-refractivity contribution is 6.42. The van der Waals surface area contributed by atoms with Gasteiger partial charge in [-0.05, 0) is 24.7 Å². The standard InChI is InChI=1S/C12H15Cl2NO2/c1-15(6-5-12(16)17-2)8-9-3-4-10(13)11(14)7-9/h3-4,7H,5-6,8H2,1-2H3. The lowest BCUT2D eigenvalue weighted by Crippen LogP contribution is -2.21. The highest BCUT2D eigenvalue weighted by atomic mass is 35.5. The Morgan fingerprint density at radius 2 is 2.06 bits per heavy atom. The van der Waals surface area contributed by atoms with Gasteiger partial charge in [0.1, 0.15) is 0 Å². The lowest BCUT2D eigenvalue weighted by Gasteiger charge is -2.16. The van der Waals surface area contributed by atoms with Crippen LogP contribution in [0.25, 0.3) is 0 Å². The Hall–Kier alpha value is -0.770. The van der Waals surface area contributed by atoms with Gasteiger partial charge in [0.15, 0.2) is 0 Å². The Balaban J connectivity index is 2.47. The fourth-order valence-corrected chi connectivity index (χ4v) is 1.73. The van der Waals surface area contributed by atoms with Crippen molar-refractivity contribution in [1.29, 1.82) is 0 Å². The summed E-state index contributed by atoms with van der Waals surface area (Å²) in [7, 11) is 3.33. The Morgan fingerprint density at radius 3 is 2.65 bits per heavy atom. The predicted molar refractivity (Wildman–Crippen MR) is 69.4 cm³/mol. The third kappa shape index (κ3) is 4.94. The van der Waals surface area contributed by atoms with E-state index in [1.807, 2.05) is 24.1 Å². The normalized spacial score (nSPS) is 10.6. The molecule has 1 aromatic carbocycles. The Labute approximate surface area is 111 Å². The van der Waals surface area contributed by atoms with E-state index in [2.05, 4.69) is 4.74 Å². The van der Waals surface area contributed by atoms with Crippen LogP contribution < -0.4 is 0 Å². The van der Waals surface area contributed by atoms with Gasteiger partial charge in [-0.3, -0.25) is 4.79 Å². The summed E-state index contributed by atoms with van der Waals surface area (Å²) in [5, 5.41) is 1.10. The molecule has 0 saturated carbocycles. The van der Waals surface area contributed by atoms with Crippen molar-refractivity contribution in [2.75, 3.05) is 20.7 Å². The largest absolute Gasteiger partial charge is 0.469 e. The van der Waals surface area contributed by atoms with Crippen LogP contribution in [0, 0.1) is 0 Å². The number of esters is 1. The van der Waals surface area contributed by atoms with E-state index < -0.39 is 0 Å². The SMILES string of the molecule is COC(=O)CCN(C)Cc1ccc(Cl)c(Cl)c1. The van der Waals surface area contributed by atoms with Crippen LogP contribution in [0.4, 0.5) is 0 Å². The van der Waals surface area contributed by atoms with Crippen LogP contribution in [0.3, 0.4) is 0 Å². The maximum atomic E-state index is 11.0. The molecule has 0 spiro atoms. The first-order valence-electron chi connectivity index (χ1n) is 5.22. The van der Waals surface area contributed by atoms with Gasteiger partial charge in [-0.1, -0.05) is 29.3 Å². The van der Waals surface area contributed by atoms with Crippen molar-refractivity contribution in [3.8, 4) is 0 Å². The molecule has 0 heterocycles. The van der Waals surface area contributed by atoms with Gasteiger partial charge in [-0.25, -0.2) is 0 Å². The minimum Gasteiger partial charge on any atom is -0.469 e. The Morgan fingerprint density at radius 1 is 1.35 bits per heavy atom. The first-order valence-corrected chi connectivity index (χ1v) is 5.98. The van der Waals surface area contributed by atoms with E-state index in [9.17, 15) is 4.79 Å². The molecule has 0 saturated heterocycles. The molecule has 0 radical (unpaired) electrons. The van der Waals surface area contributed by atoms with Crippen LogP contribution in [-0.2, 0) is 16.1 Å². The fourth-order valence-electron chi connectivity index (χ4n) is 1.41. The molecule has 0 aliphatic rings. The third-order valence-corrected chi connectivity index (χ3v) is 3.10. The van der Waals surface area contributed by atoms with Crippen molar-refractivity contribution in [3.05, 3.63) is 33.8 Å². The van der Waals surface area contributed by atoms with Crippen LogP contribution in [-0.4, -0.2) is 31.6 Å². The third-order valence-electron chi connectivity index (χ3n) is 2.36. The van der Waals surface area contributed by atoms with Crippen LogP contribution in [0.15, 0.2) is 18.2 Å². The Bertz CT molecular complexity index is 396. The summed E-state index contributed by atoms with van der Waals surface area (Å²) >= 11 is 11.8. The molecule has 0 aromatic heterocycles. The number of hydrogen-bond donors (Lipinski definition) is 0. The number of halogens is 2. The van der Waals surface area contributed by atoms with E-state index in [1.165, 1.54) is 7.11 Å². The van der Waals surface area contributed by atoms with Crippen LogP contribution in [0.1, 0.15) is 12.0 Å². The summed E-state index contributed by atoms with van der Waals surface area (Å²) in [6.45, 7) is 1.36. The molecule has 0 aliphatic carbocycles. The van der Waals surface area contributed by atoms with Crippen molar-refractivity contribution < 1.29 is 9.53 Å². The van der Waals surface area contributed by atoms with Gasteiger partial charge in [0.05, 0.1) is 23.6 Å². The zero-order valence-corrected chi connectivity index (χ0v) is 11.4. The molecule has 0 aliphatic heterocycles. The molecule has 1 rings (SSSR count). The monoisotopic (exact) mass is 275 g/mol. The molecule has 0 N–H and O–H groups in total. The molecule has 5 heteroatoms. The summed E-state index contributed by atoms with van der Waals surface area (Å²) in [4.78, 5) is 13.0. The van der Waals surface area contributed by atoms with Crippen LogP contribution in [0.2, 0.25) is 10.0 Å². The van der Waals surface area contributed by atoms with Crippen molar-refractivity contribution in [2.45, 2.75) is 13.0 Å². The lowest BCUT2D eigenvalue weighted by molar-refractivity contribution is -0.140. The highest BCUT2D eigenvalue weighted by Crippen LogP contribution is 2.23. The van der Waals surface area contributed by atoms with Crippen LogP contribution in [0.5, 0.6) is 0 Å².